The van der Waals surface area contributed by atoms with Gasteiger partial charge in [-0.25, -0.2) is 0 Å². The first-order valence-electron chi connectivity index (χ1n) is 4.03. The molecule has 0 fully saturated rings. The van der Waals surface area contributed by atoms with Gasteiger partial charge in [0.15, 0.2) is 0 Å². The number of ether oxygens (including phenoxy) is 1. The molecule has 0 heterocycles. The van der Waals surface area contributed by atoms with Gasteiger partial charge in [0.2, 0.25) is 0 Å². The largest absolute Gasteiger partial charge is 0.381 e. The molecule has 59 valence electrons. The third-order valence-electron chi connectivity index (χ3n) is 1.26. The first-order chi connectivity index (χ1) is 4.91. The van der Waals surface area contributed by atoms with Gasteiger partial charge in [0, 0.05) is 13.2 Å². The minimum absolute atomic E-state index is 0.891. The van der Waals surface area contributed by atoms with Crippen LogP contribution in [0.2, 0.25) is 0 Å². The summed E-state index contributed by atoms with van der Waals surface area (Å²) in [5, 5.41) is 0. The molecule has 0 aliphatic heterocycles. The summed E-state index contributed by atoms with van der Waals surface area (Å²) < 4.78 is 5.27. The molecule has 1 nitrogen and oxygen atoms in total. The third-order valence-corrected chi connectivity index (χ3v) is 1.26. The van der Waals surface area contributed by atoms with Crippen molar-refractivity contribution in [1.29, 1.82) is 0 Å². The van der Waals surface area contributed by atoms with E-state index < -0.39 is 0 Å². The summed E-state index contributed by atoms with van der Waals surface area (Å²) in [5.74, 6) is 0. The van der Waals surface area contributed by atoms with E-state index in [0.29, 0.717) is 0 Å². The van der Waals surface area contributed by atoms with Crippen LogP contribution >= 0.6 is 0 Å². The number of hydrogen-bond acceptors (Lipinski definition) is 1. The lowest BCUT2D eigenvalue weighted by molar-refractivity contribution is 0.131. The molecule has 0 saturated carbocycles. The maximum atomic E-state index is 5.27. The van der Waals surface area contributed by atoms with Gasteiger partial charge in [0.1, 0.15) is 0 Å². The van der Waals surface area contributed by atoms with Gasteiger partial charge in [0.05, 0.1) is 0 Å². The minimum atomic E-state index is 0.891. The molecule has 0 bridgehead atoms. The van der Waals surface area contributed by atoms with E-state index in [2.05, 4.69) is 6.92 Å². The molecular formula is C9H17O. The summed E-state index contributed by atoms with van der Waals surface area (Å²) >= 11 is 0. The van der Waals surface area contributed by atoms with E-state index in [0.717, 1.165) is 38.9 Å². The molecule has 0 atom stereocenters. The first-order valence-corrected chi connectivity index (χ1v) is 4.03. The van der Waals surface area contributed by atoms with Crippen molar-refractivity contribution in [2.24, 2.45) is 0 Å². The summed E-state index contributed by atoms with van der Waals surface area (Å²) in [6.45, 7) is 9.11. The average Bonchev–Trinajstić information content (AvgIpc) is 1.97. The second-order valence-electron chi connectivity index (χ2n) is 2.34. The van der Waals surface area contributed by atoms with E-state index in [9.17, 15) is 0 Å². The fourth-order valence-corrected chi connectivity index (χ4v) is 0.713. The Morgan fingerprint density at radius 3 is 2.70 bits per heavy atom. The zero-order valence-electron chi connectivity index (χ0n) is 6.81. The molecular weight excluding hydrogens is 124 g/mol. The van der Waals surface area contributed by atoms with E-state index in [1.54, 1.807) is 6.08 Å². The van der Waals surface area contributed by atoms with Crippen LogP contribution in [0, 0.1) is 6.58 Å². The monoisotopic (exact) mass is 141 g/mol. The van der Waals surface area contributed by atoms with Crippen molar-refractivity contribution >= 4 is 0 Å². The molecule has 0 aromatic heterocycles. The number of rotatable bonds is 7. The van der Waals surface area contributed by atoms with Gasteiger partial charge in [-0.1, -0.05) is 19.6 Å². The van der Waals surface area contributed by atoms with Crippen LogP contribution in [-0.4, -0.2) is 13.2 Å². The van der Waals surface area contributed by atoms with Crippen LogP contribution in [0.5, 0.6) is 0 Å². The Morgan fingerprint density at radius 1 is 1.30 bits per heavy atom. The van der Waals surface area contributed by atoms with Crippen molar-refractivity contribution in [3.05, 3.63) is 12.7 Å². The number of unbranched alkanes of at least 4 members (excludes halogenated alkanes) is 2. The third kappa shape index (κ3) is 7.70. The predicted octanol–water partition coefficient (Wildman–Crippen LogP) is 2.57. The molecule has 0 aliphatic carbocycles. The van der Waals surface area contributed by atoms with Gasteiger partial charge < -0.3 is 4.74 Å². The predicted molar refractivity (Wildman–Crippen MR) is 43.8 cm³/mol. The standard InChI is InChI=1S/C9H17O/c1-3-5-6-7-9-10-8-4-2/h1,3H,4-9H2,2H3. The highest BCUT2D eigenvalue weighted by atomic mass is 16.5. The maximum Gasteiger partial charge on any atom is 0.0466 e. The van der Waals surface area contributed by atoms with Gasteiger partial charge in [-0.3, -0.25) is 0 Å². The normalized spacial score (nSPS) is 9.70. The van der Waals surface area contributed by atoms with Gasteiger partial charge in [0.25, 0.3) is 0 Å². The smallest absolute Gasteiger partial charge is 0.0466 e. The molecule has 0 N–H and O–H groups in total. The summed E-state index contributed by atoms with van der Waals surface area (Å²) in [6.07, 6.45) is 6.12. The Hall–Kier alpha value is -0.300. The first kappa shape index (κ1) is 9.70. The Balaban J connectivity index is 2.70. The van der Waals surface area contributed by atoms with Gasteiger partial charge in [-0.2, -0.15) is 0 Å². The van der Waals surface area contributed by atoms with E-state index in [1.165, 1.54) is 0 Å². The molecule has 0 amide bonds. The molecule has 0 unspecified atom stereocenters. The van der Waals surface area contributed by atoms with E-state index in [4.69, 9.17) is 11.3 Å². The lowest BCUT2D eigenvalue weighted by atomic mass is 10.2. The molecule has 0 aliphatic rings. The van der Waals surface area contributed by atoms with Crippen molar-refractivity contribution < 1.29 is 4.74 Å². The lowest BCUT2D eigenvalue weighted by Gasteiger charge is -1.99. The molecule has 0 saturated heterocycles. The molecule has 1 heteroatoms. The van der Waals surface area contributed by atoms with Crippen LogP contribution in [-0.2, 0) is 4.74 Å². The van der Waals surface area contributed by atoms with E-state index in [-0.39, 0.29) is 0 Å². The highest BCUT2D eigenvalue weighted by Gasteiger charge is 1.85. The second kappa shape index (κ2) is 8.70. The van der Waals surface area contributed by atoms with Gasteiger partial charge in [-0.15, -0.1) is 0 Å². The fourth-order valence-electron chi connectivity index (χ4n) is 0.713. The molecule has 0 spiro atoms. The number of hydrogen-bond donors (Lipinski definition) is 0. The molecule has 1 radical (unpaired) electrons. The highest BCUT2D eigenvalue weighted by Crippen LogP contribution is 1.95. The van der Waals surface area contributed by atoms with Crippen molar-refractivity contribution in [2.45, 2.75) is 32.6 Å². The van der Waals surface area contributed by atoms with Crippen molar-refractivity contribution in [2.75, 3.05) is 13.2 Å². The molecule has 0 rings (SSSR count). The topological polar surface area (TPSA) is 9.23 Å². The summed E-state index contributed by atoms with van der Waals surface area (Å²) in [7, 11) is 0. The number of allylic oxidation sites excluding steroid dienone is 1. The Kier molecular flexibility index (Phi) is 8.44. The van der Waals surface area contributed by atoms with Crippen LogP contribution in [0.4, 0.5) is 0 Å². The Labute approximate surface area is 64.1 Å². The van der Waals surface area contributed by atoms with Gasteiger partial charge >= 0.3 is 0 Å². The zero-order valence-corrected chi connectivity index (χ0v) is 6.81. The van der Waals surface area contributed by atoms with Crippen LogP contribution in [0.3, 0.4) is 0 Å². The average molecular weight is 141 g/mol. The molecule has 0 aromatic carbocycles. The Morgan fingerprint density at radius 2 is 2.10 bits per heavy atom. The minimum Gasteiger partial charge on any atom is -0.381 e. The van der Waals surface area contributed by atoms with Crippen LogP contribution in [0.1, 0.15) is 32.6 Å². The van der Waals surface area contributed by atoms with Crippen molar-refractivity contribution in [3.63, 3.8) is 0 Å². The highest BCUT2D eigenvalue weighted by molar-refractivity contribution is 4.61. The van der Waals surface area contributed by atoms with Crippen molar-refractivity contribution in [3.8, 4) is 0 Å². The second-order valence-corrected chi connectivity index (χ2v) is 2.34. The van der Waals surface area contributed by atoms with Crippen LogP contribution < -0.4 is 0 Å². The SMILES string of the molecule is [CH]=CCCCCOCCC. The lowest BCUT2D eigenvalue weighted by Crippen LogP contribution is -1.94. The van der Waals surface area contributed by atoms with E-state index >= 15 is 0 Å². The quantitative estimate of drug-likeness (QED) is 0.495. The van der Waals surface area contributed by atoms with Crippen LogP contribution in [0.15, 0.2) is 6.08 Å². The zero-order chi connectivity index (χ0) is 7.66. The fraction of sp³-hybridized carbons (Fsp3) is 0.778. The van der Waals surface area contributed by atoms with Crippen molar-refractivity contribution in [1.82, 2.24) is 0 Å². The molecule has 10 heavy (non-hydrogen) atoms. The summed E-state index contributed by atoms with van der Waals surface area (Å²) in [5.41, 5.74) is 0. The van der Waals surface area contributed by atoms with Crippen LogP contribution in [0.25, 0.3) is 0 Å². The summed E-state index contributed by atoms with van der Waals surface area (Å²) in [6, 6.07) is 0. The Bertz CT molecular complexity index is 69.1. The molecule has 0 aromatic rings. The van der Waals surface area contributed by atoms with E-state index in [1.807, 2.05) is 0 Å². The van der Waals surface area contributed by atoms with Gasteiger partial charge in [-0.05, 0) is 25.7 Å². The maximum absolute atomic E-state index is 5.27. The summed E-state index contributed by atoms with van der Waals surface area (Å²) in [4.78, 5) is 0.